The van der Waals surface area contributed by atoms with E-state index in [1.165, 1.54) is 12.8 Å². The average Bonchev–Trinajstić information content (AvgIpc) is 2.61. The van der Waals surface area contributed by atoms with Gasteiger partial charge in [0.1, 0.15) is 11.6 Å². The Hall–Kier alpha value is -0.660. The van der Waals surface area contributed by atoms with Gasteiger partial charge in [-0.25, -0.2) is 0 Å². The zero-order valence-electron chi connectivity index (χ0n) is 6.95. The van der Waals surface area contributed by atoms with Crippen molar-refractivity contribution in [3.63, 3.8) is 0 Å². The standard InChI is InChI=1S/C10H12O2/c11-8-4-7-5-2-1-3-6(5)9(8)10(7)12/h5-7,9H,1-4H2. The van der Waals surface area contributed by atoms with Crippen LogP contribution < -0.4 is 0 Å². The Bertz CT molecular complexity index is 269. The van der Waals surface area contributed by atoms with Crippen LogP contribution in [0.4, 0.5) is 0 Å². The molecule has 2 heteroatoms. The second-order valence-electron chi connectivity index (χ2n) is 4.42. The van der Waals surface area contributed by atoms with E-state index in [9.17, 15) is 9.59 Å². The van der Waals surface area contributed by atoms with Crippen LogP contribution in [0.2, 0.25) is 0 Å². The Balaban J connectivity index is 2.04. The minimum Gasteiger partial charge on any atom is -0.299 e. The summed E-state index contributed by atoms with van der Waals surface area (Å²) in [5.74, 6) is 1.59. The lowest BCUT2D eigenvalue weighted by atomic mass is 9.81. The van der Waals surface area contributed by atoms with Crippen molar-refractivity contribution in [3.05, 3.63) is 0 Å². The van der Waals surface area contributed by atoms with Gasteiger partial charge in [0.15, 0.2) is 0 Å². The summed E-state index contributed by atoms with van der Waals surface area (Å²) in [6.45, 7) is 0. The largest absolute Gasteiger partial charge is 0.299 e. The third kappa shape index (κ3) is 0.584. The molecule has 64 valence electrons. The van der Waals surface area contributed by atoms with Gasteiger partial charge in [-0.15, -0.1) is 0 Å². The number of fused-ring (bicyclic) bond motifs is 5. The second kappa shape index (κ2) is 1.98. The van der Waals surface area contributed by atoms with E-state index in [0.717, 1.165) is 6.42 Å². The van der Waals surface area contributed by atoms with Gasteiger partial charge in [0.25, 0.3) is 0 Å². The first-order valence-electron chi connectivity index (χ1n) is 4.85. The number of carbonyl (C=O) groups is 2. The summed E-state index contributed by atoms with van der Waals surface area (Å²) in [6, 6.07) is 0. The molecule has 3 aliphatic rings. The summed E-state index contributed by atoms with van der Waals surface area (Å²) in [7, 11) is 0. The molecule has 3 saturated carbocycles. The first-order chi connectivity index (χ1) is 5.79. The van der Waals surface area contributed by atoms with E-state index in [2.05, 4.69) is 0 Å². The fraction of sp³-hybridized carbons (Fsp3) is 0.800. The molecule has 3 fully saturated rings. The zero-order valence-corrected chi connectivity index (χ0v) is 6.95. The maximum atomic E-state index is 11.6. The van der Waals surface area contributed by atoms with E-state index in [-0.39, 0.29) is 23.4 Å². The minimum absolute atomic E-state index is 0.148. The molecule has 0 aromatic heterocycles. The molecule has 3 rings (SSSR count). The van der Waals surface area contributed by atoms with Crippen molar-refractivity contribution in [2.24, 2.45) is 23.7 Å². The van der Waals surface area contributed by atoms with E-state index in [0.29, 0.717) is 18.3 Å². The van der Waals surface area contributed by atoms with E-state index in [4.69, 9.17) is 0 Å². The maximum absolute atomic E-state index is 11.6. The Morgan fingerprint density at radius 1 is 1.08 bits per heavy atom. The van der Waals surface area contributed by atoms with Crippen LogP contribution in [-0.4, -0.2) is 11.6 Å². The van der Waals surface area contributed by atoms with Crippen LogP contribution in [0, 0.1) is 23.7 Å². The third-order valence-corrected chi connectivity index (χ3v) is 4.01. The van der Waals surface area contributed by atoms with Crippen LogP contribution >= 0.6 is 0 Å². The highest BCUT2D eigenvalue weighted by atomic mass is 16.2. The maximum Gasteiger partial charge on any atom is 0.147 e. The van der Waals surface area contributed by atoms with Crippen LogP contribution in [0.3, 0.4) is 0 Å². The molecule has 0 spiro atoms. The molecule has 2 bridgehead atoms. The quantitative estimate of drug-likeness (QED) is 0.504. The number of hydrogen-bond donors (Lipinski definition) is 0. The molecule has 4 atom stereocenters. The van der Waals surface area contributed by atoms with Gasteiger partial charge in [-0.3, -0.25) is 9.59 Å². The lowest BCUT2D eigenvalue weighted by molar-refractivity contribution is -0.128. The molecule has 4 unspecified atom stereocenters. The molecule has 2 nitrogen and oxygen atoms in total. The fourth-order valence-electron chi connectivity index (χ4n) is 3.58. The monoisotopic (exact) mass is 164 g/mol. The molecular weight excluding hydrogens is 152 g/mol. The molecule has 0 aromatic rings. The number of rotatable bonds is 0. The highest BCUT2D eigenvalue weighted by Crippen LogP contribution is 2.55. The van der Waals surface area contributed by atoms with Gasteiger partial charge in [-0.1, -0.05) is 6.42 Å². The van der Waals surface area contributed by atoms with E-state index in [1.807, 2.05) is 0 Å². The summed E-state index contributed by atoms with van der Waals surface area (Å²) in [6.07, 6.45) is 4.14. The lowest BCUT2D eigenvalue weighted by Gasteiger charge is -2.20. The van der Waals surface area contributed by atoms with Gasteiger partial charge in [0, 0.05) is 12.3 Å². The van der Waals surface area contributed by atoms with Crippen molar-refractivity contribution < 1.29 is 9.59 Å². The molecule has 0 saturated heterocycles. The summed E-state index contributed by atoms with van der Waals surface area (Å²) in [4.78, 5) is 22.9. The predicted molar refractivity (Wildman–Crippen MR) is 42.4 cm³/mol. The molecule has 0 aliphatic heterocycles. The van der Waals surface area contributed by atoms with Crippen molar-refractivity contribution in [1.29, 1.82) is 0 Å². The Kier molecular flexibility index (Phi) is 1.12. The number of ketones is 2. The summed E-state index contributed by atoms with van der Waals surface area (Å²) in [5, 5.41) is 0. The predicted octanol–water partition coefficient (Wildman–Crippen LogP) is 1.19. The van der Waals surface area contributed by atoms with Crippen LogP contribution in [0.1, 0.15) is 25.7 Å². The number of Topliss-reactive ketones (excluding diaryl/α,β-unsaturated/α-hetero) is 2. The molecule has 0 heterocycles. The molecular formula is C10H12O2. The van der Waals surface area contributed by atoms with Crippen LogP contribution in [0.15, 0.2) is 0 Å². The van der Waals surface area contributed by atoms with Crippen molar-refractivity contribution in [2.75, 3.05) is 0 Å². The first-order valence-corrected chi connectivity index (χ1v) is 4.85. The van der Waals surface area contributed by atoms with Crippen LogP contribution in [0.5, 0.6) is 0 Å². The second-order valence-corrected chi connectivity index (χ2v) is 4.42. The van der Waals surface area contributed by atoms with E-state index < -0.39 is 0 Å². The molecule has 0 radical (unpaired) electrons. The Labute approximate surface area is 71.3 Å². The van der Waals surface area contributed by atoms with Gasteiger partial charge in [0.2, 0.25) is 0 Å². The van der Waals surface area contributed by atoms with Gasteiger partial charge in [0.05, 0.1) is 5.92 Å². The van der Waals surface area contributed by atoms with E-state index in [1.54, 1.807) is 0 Å². The fourth-order valence-corrected chi connectivity index (χ4v) is 3.58. The van der Waals surface area contributed by atoms with Gasteiger partial charge in [-0.05, 0) is 24.7 Å². The van der Waals surface area contributed by atoms with Gasteiger partial charge < -0.3 is 0 Å². The molecule has 0 amide bonds. The SMILES string of the molecule is O=C1CC2C(=O)C1C1CCCC21. The zero-order chi connectivity index (χ0) is 8.29. The highest BCUT2D eigenvalue weighted by molar-refractivity contribution is 6.12. The van der Waals surface area contributed by atoms with Crippen molar-refractivity contribution in [1.82, 2.24) is 0 Å². The summed E-state index contributed by atoms with van der Waals surface area (Å²) < 4.78 is 0. The molecule has 0 N–H and O–H groups in total. The molecule has 0 aromatic carbocycles. The van der Waals surface area contributed by atoms with Gasteiger partial charge >= 0.3 is 0 Å². The van der Waals surface area contributed by atoms with Crippen LogP contribution in [-0.2, 0) is 9.59 Å². The van der Waals surface area contributed by atoms with Gasteiger partial charge in [-0.2, -0.15) is 0 Å². The smallest absolute Gasteiger partial charge is 0.147 e. The third-order valence-electron chi connectivity index (χ3n) is 4.01. The Morgan fingerprint density at radius 2 is 1.83 bits per heavy atom. The first kappa shape index (κ1) is 6.81. The molecule has 3 aliphatic carbocycles. The van der Waals surface area contributed by atoms with Crippen LogP contribution in [0.25, 0.3) is 0 Å². The van der Waals surface area contributed by atoms with E-state index >= 15 is 0 Å². The average molecular weight is 164 g/mol. The summed E-state index contributed by atoms with van der Waals surface area (Å²) in [5.41, 5.74) is 0. The number of hydrogen-bond acceptors (Lipinski definition) is 2. The highest BCUT2D eigenvalue weighted by Gasteiger charge is 2.59. The lowest BCUT2D eigenvalue weighted by Crippen LogP contribution is -2.24. The number of carbonyl (C=O) groups excluding carboxylic acids is 2. The normalized spacial score (nSPS) is 50.3. The van der Waals surface area contributed by atoms with Crippen molar-refractivity contribution >= 4 is 11.6 Å². The molecule has 12 heavy (non-hydrogen) atoms. The van der Waals surface area contributed by atoms with Crippen molar-refractivity contribution in [3.8, 4) is 0 Å². The topological polar surface area (TPSA) is 34.1 Å². The van der Waals surface area contributed by atoms with Crippen molar-refractivity contribution in [2.45, 2.75) is 25.7 Å². The Morgan fingerprint density at radius 3 is 2.67 bits per heavy atom. The minimum atomic E-state index is -0.150. The summed E-state index contributed by atoms with van der Waals surface area (Å²) >= 11 is 0.